The van der Waals surface area contributed by atoms with Crippen molar-refractivity contribution in [2.45, 2.75) is 52.2 Å². The Morgan fingerprint density at radius 2 is 1.96 bits per heavy atom. The van der Waals surface area contributed by atoms with Gasteiger partial charge in [-0.3, -0.25) is 9.79 Å². The summed E-state index contributed by atoms with van der Waals surface area (Å²) < 4.78 is 28.5. The van der Waals surface area contributed by atoms with Crippen LogP contribution in [0.25, 0.3) is 0 Å². The topological polar surface area (TPSA) is 109 Å². The molecule has 1 fully saturated rings. The number of rotatable bonds is 10. The zero-order chi connectivity index (χ0) is 19.6. The van der Waals surface area contributed by atoms with Crippen molar-refractivity contribution < 1.29 is 17.9 Å². The number of hydrogen-bond acceptors (Lipinski definition) is 5. The van der Waals surface area contributed by atoms with Gasteiger partial charge in [0.25, 0.3) is 0 Å². The molecule has 9 heteroatoms. The molecule has 0 aliphatic carbocycles. The van der Waals surface area contributed by atoms with Gasteiger partial charge in [0.1, 0.15) is 0 Å². The molecule has 0 bridgehead atoms. The molecule has 2 atom stereocenters. The Kier molecular flexibility index (Phi) is 9.93. The van der Waals surface area contributed by atoms with Crippen molar-refractivity contribution in [1.29, 1.82) is 0 Å². The van der Waals surface area contributed by atoms with Gasteiger partial charge in [-0.05, 0) is 25.7 Å². The maximum atomic E-state index is 11.9. The monoisotopic (exact) mass is 390 g/mol. The Labute approximate surface area is 157 Å². The largest absolute Gasteiger partial charge is 0.378 e. The summed E-state index contributed by atoms with van der Waals surface area (Å²) in [6.45, 7) is 8.14. The fraction of sp³-hybridized carbons (Fsp3) is 0.882. The van der Waals surface area contributed by atoms with Crippen molar-refractivity contribution in [1.82, 2.24) is 16.0 Å². The number of hydrogen-bond donors (Lipinski definition) is 3. The standard InChI is InChI=1S/C17H34N4O4S/c1-5-25-15(13(2)3)6-9-19-17(18-4)20-10-7-16(22)21-14-8-11-26(23,24)12-14/h13-15H,5-12H2,1-4H3,(H,21,22)(H2,18,19,20). The number of nitrogens with zero attached hydrogens (tertiary/aromatic N) is 1. The van der Waals surface area contributed by atoms with Crippen LogP contribution in [0.4, 0.5) is 0 Å². The van der Waals surface area contributed by atoms with Gasteiger partial charge in [-0.1, -0.05) is 13.8 Å². The summed E-state index contributed by atoms with van der Waals surface area (Å²) in [4.78, 5) is 16.0. The van der Waals surface area contributed by atoms with Crippen LogP contribution in [0.15, 0.2) is 4.99 Å². The molecule has 1 rings (SSSR count). The smallest absolute Gasteiger partial charge is 0.222 e. The summed E-state index contributed by atoms with van der Waals surface area (Å²) in [5.41, 5.74) is 0. The first-order valence-electron chi connectivity index (χ1n) is 9.33. The Morgan fingerprint density at radius 3 is 2.50 bits per heavy atom. The van der Waals surface area contributed by atoms with E-state index in [1.165, 1.54) is 0 Å². The third-order valence-corrected chi connectivity index (χ3v) is 6.08. The van der Waals surface area contributed by atoms with Gasteiger partial charge in [-0.25, -0.2) is 8.42 Å². The minimum atomic E-state index is -2.98. The summed E-state index contributed by atoms with van der Waals surface area (Å²) in [5, 5.41) is 9.09. The highest BCUT2D eigenvalue weighted by Gasteiger charge is 2.28. The lowest BCUT2D eigenvalue weighted by Crippen LogP contribution is -2.42. The molecule has 3 N–H and O–H groups in total. The predicted molar refractivity (Wildman–Crippen MR) is 104 cm³/mol. The highest BCUT2D eigenvalue weighted by Crippen LogP contribution is 2.11. The van der Waals surface area contributed by atoms with Gasteiger partial charge in [0.2, 0.25) is 5.91 Å². The van der Waals surface area contributed by atoms with Gasteiger partial charge in [-0.2, -0.15) is 0 Å². The molecule has 0 radical (unpaired) electrons. The number of ether oxygens (including phenoxy) is 1. The summed E-state index contributed by atoms with van der Waals surface area (Å²) >= 11 is 0. The number of guanidine groups is 1. The quantitative estimate of drug-likeness (QED) is 0.366. The highest BCUT2D eigenvalue weighted by molar-refractivity contribution is 7.91. The summed E-state index contributed by atoms with van der Waals surface area (Å²) in [5.74, 6) is 1.15. The first-order chi connectivity index (χ1) is 12.3. The molecule has 1 amide bonds. The van der Waals surface area contributed by atoms with Gasteiger partial charge < -0.3 is 20.7 Å². The van der Waals surface area contributed by atoms with Gasteiger partial charge in [-0.15, -0.1) is 0 Å². The molecular weight excluding hydrogens is 356 g/mol. The number of carbonyl (C=O) groups is 1. The Morgan fingerprint density at radius 1 is 1.27 bits per heavy atom. The van der Waals surface area contributed by atoms with Crippen molar-refractivity contribution in [3.05, 3.63) is 0 Å². The first kappa shape index (κ1) is 22.7. The van der Waals surface area contributed by atoms with Crippen LogP contribution >= 0.6 is 0 Å². The molecule has 1 saturated heterocycles. The van der Waals surface area contributed by atoms with E-state index in [2.05, 4.69) is 34.8 Å². The van der Waals surface area contributed by atoms with Crippen LogP contribution in [0.5, 0.6) is 0 Å². The molecule has 152 valence electrons. The Bertz CT molecular complexity index is 563. The second kappa shape index (κ2) is 11.4. The minimum Gasteiger partial charge on any atom is -0.378 e. The molecule has 1 aliphatic heterocycles. The highest BCUT2D eigenvalue weighted by atomic mass is 32.2. The number of sulfone groups is 1. The molecule has 0 spiro atoms. The molecule has 0 aromatic carbocycles. The van der Waals surface area contributed by atoms with Gasteiger partial charge in [0, 0.05) is 39.2 Å². The third-order valence-electron chi connectivity index (χ3n) is 4.31. The van der Waals surface area contributed by atoms with Crippen LogP contribution < -0.4 is 16.0 Å². The van der Waals surface area contributed by atoms with Crippen molar-refractivity contribution in [3.8, 4) is 0 Å². The number of amides is 1. The zero-order valence-electron chi connectivity index (χ0n) is 16.4. The van der Waals surface area contributed by atoms with Crippen LogP contribution in [-0.4, -0.2) is 70.7 Å². The van der Waals surface area contributed by atoms with Gasteiger partial charge in [0.05, 0.1) is 17.6 Å². The van der Waals surface area contributed by atoms with E-state index in [1.54, 1.807) is 7.05 Å². The summed E-state index contributed by atoms with van der Waals surface area (Å²) in [6.07, 6.45) is 1.86. The first-order valence-corrected chi connectivity index (χ1v) is 11.2. The number of nitrogens with one attached hydrogen (secondary N) is 3. The molecule has 1 heterocycles. The van der Waals surface area contributed by atoms with E-state index < -0.39 is 9.84 Å². The lowest BCUT2D eigenvalue weighted by molar-refractivity contribution is -0.121. The van der Waals surface area contributed by atoms with Crippen molar-refractivity contribution in [2.75, 3.05) is 38.2 Å². The molecule has 0 saturated carbocycles. The summed E-state index contributed by atoms with van der Waals surface area (Å²) in [6, 6.07) is -0.253. The Balaban J connectivity index is 2.22. The molecule has 0 aromatic rings. The third kappa shape index (κ3) is 8.84. The maximum absolute atomic E-state index is 11.9. The lowest BCUT2D eigenvalue weighted by atomic mass is 10.0. The van der Waals surface area contributed by atoms with Crippen LogP contribution in [0.1, 0.15) is 40.0 Å². The summed E-state index contributed by atoms with van der Waals surface area (Å²) in [7, 11) is -1.29. The van der Waals surface area contributed by atoms with E-state index in [-0.39, 0.29) is 36.0 Å². The van der Waals surface area contributed by atoms with Crippen molar-refractivity contribution >= 4 is 21.7 Å². The van der Waals surface area contributed by atoms with E-state index in [4.69, 9.17) is 4.74 Å². The fourth-order valence-electron chi connectivity index (χ4n) is 2.88. The molecular formula is C17H34N4O4S. The number of carbonyl (C=O) groups excluding carboxylic acids is 1. The minimum absolute atomic E-state index is 0.0479. The van der Waals surface area contributed by atoms with Gasteiger partial charge in [0.15, 0.2) is 15.8 Å². The SMILES string of the molecule is CCOC(CCNC(=NC)NCCC(=O)NC1CCS(=O)(=O)C1)C(C)C. The van der Waals surface area contributed by atoms with Crippen molar-refractivity contribution in [2.24, 2.45) is 10.9 Å². The zero-order valence-corrected chi connectivity index (χ0v) is 17.2. The molecule has 26 heavy (non-hydrogen) atoms. The Hall–Kier alpha value is -1.35. The van der Waals surface area contributed by atoms with E-state index in [9.17, 15) is 13.2 Å². The predicted octanol–water partition coefficient (Wildman–Crippen LogP) is 0.296. The lowest BCUT2D eigenvalue weighted by Gasteiger charge is -2.21. The molecule has 1 aliphatic rings. The van der Waals surface area contributed by atoms with Crippen LogP contribution in [0, 0.1) is 5.92 Å². The van der Waals surface area contributed by atoms with E-state index >= 15 is 0 Å². The van der Waals surface area contributed by atoms with E-state index in [0.717, 1.165) is 13.0 Å². The molecule has 8 nitrogen and oxygen atoms in total. The second-order valence-corrected chi connectivity index (χ2v) is 9.10. The average molecular weight is 391 g/mol. The van der Waals surface area contributed by atoms with Crippen molar-refractivity contribution in [3.63, 3.8) is 0 Å². The van der Waals surface area contributed by atoms with Gasteiger partial charge >= 0.3 is 0 Å². The maximum Gasteiger partial charge on any atom is 0.222 e. The van der Waals surface area contributed by atoms with Crippen LogP contribution in [0.2, 0.25) is 0 Å². The van der Waals surface area contributed by atoms with E-state index in [1.807, 2.05) is 6.92 Å². The van der Waals surface area contributed by atoms with Crippen LogP contribution in [-0.2, 0) is 19.4 Å². The number of aliphatic imine (C=N–C) groups is 1. The molecule has 2 unspecified atom stereocenters. The fourth-order valence-corrected chi connectivity index (χ4v) is 4.55. The average Bonchev–Trinajstić information content (AvgIpc) is 2.90. The molecule has 0 aromatic heterocycles. The van der Waals surface area contributed by atoms with Crippen LogP contribution in [0.3, 0.4) is 0 Å². The van der Waals surface area contributed by atoms with E-state index in [0.29, 0.717) is 31.4 Å². The normalized spacial score (nSPS) is 20.8. The second-order valence-electron chi connectivity index (χ2n) is 6.87.